The maximum Gasteiger partial charge on any atom is 0.198 e. The van der Waals surface area contributed by atoms with E-state index in [9.17, 15) is 13.6 Å². The summed E-state index contributed by atoms with van der Waals surface area (Å²) < 4.78 is 37.3. The molecule has 19 heavy (non-hydrogen) atoms. The molecule has 98 valence electrons. The van der Waals surface area contributed by atoms with Crippen LogP contribution in [0.4, 0.5) is 8.78 Å². The minimum Gasteiger partial charge on any atom is -0.497 e. The number of halogens is 2. The highest BCUT2D eigenvalue weighted by Gasteiger charge is 2.13. The molecule has 0 aliphatic heterocycles. The highest BCUT2D eigenvalue weighted by Crippen LogP contribution is 2.30. The van der Waals surface area contributed by atoms with Crippen LogP contribution in [0.1, 0.15) is 10.4 Å². The Hall–Kier alpha value is -2.43. The van der Waals surface area contributed by atoms with Gasteiger partial charge in [0.25, 0.3) is 0 Å². The molecule has 0 unspecified atom stereocenters. The third-order valence-electron chi connectivity index (χ3n) is 2.42. The average molecular weight is 264 g/mol. The van der Waals surface area contributed by atoms with E-state index in [4.69, 9.17) is 9.47 Å². The van der Waals surface area contributed by atoms with Crippen LogP contribution in [-0.2, 0) is 0 Å². The van der Waals surface area contributed by atoms with Gasteiger partial charge in [-0.1, -0.05) is 6.07 Å². The van der Waals surface area contributed by atoms with Crippen molar-refractivity contribution in [3.05, 3.63) is 53.6 Å². The smallest absolute Gasteiger partial charge is 0.198 e. The van der Waals surface area contributed by atoms with Gasteiger partial charge in [0.1, 0.15) is 17.8 Å². The molecule has 0 aliphatic rings. The van der Waals surface area contributed by atoms with Crippen LogP contribution in [0.3, 0.4) is 0 Å². The molecule has 3 nitrogen and oxygen atoms in total. The average Bonchev–Trinajstić information content (AvgIpc) is 2.42. The topological polar surface area (TPSA) is 35.5 Å². The first kappa shape index (κ1) is 13.0. The summed E-state index contributed by atoms with van der Waals surface area (Å²) in [5.41, 5.74) is -0.0898. The maximum absolute atomic E-state index is 13.6. The number of hydrogen-bond donors (Lipinski definition) is 0. The monoisotopic (exact) mass is 264 g/mol. The second-order valence-corrected chi connectivity index (χ2v) is 3.71. The summed E-state index contributed by atoms with van der Waals surface area (Å²) in [4.78, 5) is 10.5. The van der Waals surface area contributed by atoms with E-state index < -0.39 is 17.4 Å². The SMILES string of the molecule is COc1cccc(Oc2c(F)cc(C=O)cc2F)c1. The zero-order valence-corrected chi connectivity index (χ0v) is 10.0. The van der Waals surface area contributed by atoms with Crippen molar-refractivity contribution in [2.24, 2.45) is 0 Å². The lowest BCUT2D eigenvalue weighted by molar-refractivity contribution is 0.112. The van der Waals surface area contributed by atoms with Gasteiger partial charge >= 0.3 is 0 Å². The van der Waals surface area contributed by atoms with E-state index in [0.29, 0.717) is 12.0 Å². The molecule has 0 aromatic heterocycles. The molecule has 0 heterocycles. The number of ether oxygens (including phenoxy) is 2. The molecule has 2 aromatic rings. The first-order chi connectivity index (χ1) is 9.13. The summed E-state index contributed by atoms with van der Waals surface area (Å²) in [6, 6.07) is 8.15. The highest BCUT2D eigenvalue weighted by molar-refractivity contribution is 5.75. The van der Waals surface area contributed by atoms with Gasteiger partial charge in [-0.05, 0) is 24.3 Å². The van der Waals surface area contributed by atoms with Gasteiger partial charge in [-0.3, -0.25) is 4.79 Å². The summed E-state index contributed by atoms with van der Waals surface area (Å²) in [5.74, 6) is -1.70. The minimum absolute atomic E-state index is 0.0898. The van der Waals surface area contributed by atoms with E-state index in [1.807, 2.05) is 0 Å². The molecule has 0 saturated carbocycles. The van der Waals surface area contributed by atoms with Gasteiger partial charge in [-0.25, -0.2) is 8.78 Å². The van der Waals surface area contributed by atoms with Crippen molar-refractivity contribution in [2.45, 2.75) is 0 Å². The second kappa shape index (κ2) is 5.48. The standard InChI is InChI=1S/C14H10F2O3/c1-18-10-3-2-4-11(7-10)19-14-12(15)5-9(8-17)6-13(14)16/h2-8H,1H3. The minimum atomic E-state index is -0.940. The number of benzene rings is 2. The quantitative estimate of drug-likeness (QED) is 0.792. The van der Waals surface area contributed by atoms with Crippen LogP contribution in [0.5, 0.6) is 17.2 Å². The maximum atomic E-state index is 13.6. The molecule has 2 aromatic carbocycles. The molecule has 0 N–H and O–H groups in total. The molecule has 0 aliphatic carbocycles. The summed E-state index contributed by atoms with van der Waals surface area (Å²) in [6.07, 6.45) is 0.363. The normalized spacial score (nSPS) is 10.1. The van der Waals surface area contributed by atoms with Gasteiger partial charge in [0.2, 0.25) is 0 Å². The molecule has 0 spiro atoms. The summed E-state index contributed by atoms with van der Waals surface area (Å²) in [5, 5.41) is 0. The van der Waals surface area contributed by atoms with Crippen molar-refractivity contribution in [2.75, 3.05) is 7.11 Å². The Bertz CT molecular complexity index is 588. The van der Waals surface area contributed by atoms with Crippen molar-refractivity contribution < 1.29 is 23.0 Å². The number of hydrogen-bond acceptors (Lipinski definition) is 3. The van der Waals surface area contributed by atoms with Crippen LogP contribution in [0, 0.1) is 11.6 Å². The van der Waals surface area contributed by atoms with E-state index in [2.05, 4.69) is 0 Å². The van der Waals surface area contributed by atoms with Crippen LogP contribution in [0.15, 0.2) is 36.4 Å². The first-order valence-corrected chi connectivity index (χ1v) is 5.40. The Morgan fingerprint density at radius 3 is 2.26 bits per heavy atom. The van der Waals surface area contributed by atoms with Gasteiger partial charge in [0.05, 0.1) is 7.11 Å². The predicted octanol–water partition coefficient (Wildman–Crippen LogP) is 3.58. The zero-order chi connectivity index (χ0) is 13.8. The van der Waals surface area contributed by atoms with Crippen LogP contribution in [0.25, 0.3) is 0 Å². The molecule has 0 fully saturated rings. The number of aldehydes is 1. The van der Waals surface area contributed by atoms with Crippen LogP contribution >= 0.6 is 0 Å². The van der Waals surface area contributed by atoms with Crippen molar-refractivity contribution >= 4 is 6.29 Å². The third kappa shape index (κ3) is 2.88. The number of carbonyl (C=O) groups is 1. The van der Waals surface area contributed by atoms with Gasteiger partial charge in [0, 0.05) is 11.6 Å². The molecule has 5 heteroatoms. The molecular formula is C14H10F2O3. The number of rotatable bonds is 4. The van der Waals surface area contributed by atoms with E-state index >= 15 is 0 Å². The van der Waals surface area contributed by atoms with Crippen LogP contribution in [0.2, 0.25) is 0 Å². The Kier molecular flexibility index (Phi) is 3.75. The summed E-state index contributed by atoms with van der Waals surface area (Å²) in [7, 11) is 1.47. The van der Waals surface area contributed by atoms with Gasteiger partial charge in [-0.15, -0.1) is 0 Å². The third-order valence-corrected chi connectivity index (χ3v) is 2.42. The zero-order valence-electron chi connectivity index (χ0n) is 10.0. The Labute approximate surface area is 108 Å². The highest BCUT2D eigenvalue weighted by atomic mass is 19.1. The molecular weight excluding hydrogens is 254 g/mol. The Morgan fingerprint density at radius 2 is 1.68 bits per heavy atom. The molecule has 0 bridgehead atoms. The number of methoxy groups -OCH3 is 1. The van der Waals surface area contributed by atoms with Gasteiger partial charge < -0.3 is 9.47 Å². The van der Waals surface area contributed by atoms with E-state index in [1.165, 1.54) is 19.2 Å². The van der Waals surface area contributed by atoms with Crippen molar-refractivity contribution in [1.82, 2.24) is 0 Å². The Morgan fingerprint density at radius 1 is 1.05 bits per heavy atom. The van der Waals surface area contributed by atoms with Crippen molar-refractivity contribution in [3.8, 4) is 17.2 Å². The molecule has 0 saturated heterocycles. The summed E-state index contributed by atoms with van der Waals surface area (Å²) >= 11 is 0. The summed E-state index contributed by atoms with van der Waals surface area (Å²) in [6.45, 7) is 0. The molecule has 0 amide bonds. The second-order valence-electron chi connectivity index (χ2n) is 3.71. The van der Waals surface area contributed by atoms with E-state index in [-0.39, 0.29) is 11.3 Å². The fourth-order valence-corrected chi connectivity index (χ4v) is 1.53. The lowest BCUT2D eigenvalue weighted by Crippen LogP contribution is -1.95. The van der Waals surface area contributed by atoms with Crippen molar-refractivity contribution in [3.63, 3.8) is 0 Å². The molecule has 0 radical (unpaired) electrons. The van der Waals surface area contributed by atoms with Gasteiger partial charge in [0.15, 0.2) is 17.4 Å². The first-order valence-electron chi connectivity index (χ1n) is 5.40. The van der Waals surface area contributed by atoms with E-state index in [1.54, 1.807) is 12.1 Å². The lowest BCUT2D eigenvalue weighted by Gasteiger charge is -2.09. The predicted molar refractivity (Wildman–Crippen MR) is 64.8 cm³/mol. The fraction of sp³-hybridized carbons (Fsp3) is 0.0714. The lowest BCUT2D eigenvalue weighted by atomic mass is 10.2. The molecule has 0 atom stereocenters. The Balaban J connectivity index is 2.35. The van der Waals surface area contributed by atoms with Gasteiger partial charge in [-0.2, -0.15) is 0 Å². The van der Waals surface area contributed by atoms with Crippen LogP contribution < -0.4 is 9.47 Å². The fourth-order valence-electron chi connectivity index (χ4n) is 1.53. The molecule has 2 rings (SSSR count). The largest absolute Gasteiger partial charge is 0.497 e. The van der Waals surface area contributed by atoms with Crippen molar-refractivity contribution in [1.29, 1.82) is 0 Å². The van der Waals surface area contributed by atoms with E-state index in [0.717, 1.165) is 12.1 Å². The number of carbonyl (C=O) groups excluding carboxylic acids is 1. The van der Waals surface area contributed by atoms with Crippen LogP contribution in [-0.4, -0.2) is 13.4 Å².